The Labute approximate surface area is 89.5 Å². The van der Waals surface area contributed by atoms with E-state index in [1.165, 1.54) is 0 Å². The molecule has 2 rings (SSSR count). The molecule has 0 aliphatic carbocycles. The third kappa shape index (κ3) is 2.35. The van der Waals surface area contributed by atoms with Crippen molar-refractivity contribution in [2.75, 3.05) is 13.1 Å². The van der Waals surface area contributed by atoms with Crippen LogP contribution in [-0.4, -0.2) is 38.6 Å². The van der Waals surface area contributed by atoms with Gasteiger partial charge in [-0.25, -0.2) is 4.98 Å². The van der Waals surface area contributed by atoms with Crippen molar-refractivity contribution in [1.82, 2.24) is 20.1 Å². The minimum atomic E-state index is -0.626. The van der Waals surface area contributed by atoms with Gasteiger partial charge in [-0.2, -0.15) is 5.10 Å². The van der Waals surface area contributed by atoms with Crippen molar-refractivity contribution >= 4 is 0 Å². The van der Waals surface area contributed by atoms with Crippen LogP contribution >= 0.6 is 0 Å². The smallest absolute Gasteiger partial charge is 0.138 e. The molecule has 2 N–H and O–H groups in total. The summed E-state index contributed by atoms with van der Waals surface area (Å²) >= 11 is 0. The zero-order valence-electron chi connectivity index (χ0n) is 9.11. The molecule has 0 bridgehead atoms. The maximum atomic E-state index is 10.2. The predicted molar refractivity (Wildman–Crippen MR) is 56.5 cm³/mol. The van der Waals surface area contributed by atoms with Gasteiger partial charge in [0, 0.05) is 19.5 Å². The molecule has 1 unspecified atom stereocenters. The number of nitrogens with one attached hydrogen (secondary N) is 1. The summed E-state index contributed by atoms with van der Waals surface area (Å²) in [6.45, 7) is 4.53. The van der Waals surface area contributed by atoms with Gasteiger partial charge >= 0.3 is 0 Å². The van der Waals surface area contributed by atoms with Gasteiger partial charge in [-0.05, 0) is 19.4 Å². The molecule has 84 valence electrons. The number of rotatable bonds is 4. The molecule has 1 fully saturated rings. The van der Waals surface area contributed by atoms with Gasteiger partial charge in [0.1, 0.15) is 12.2 Å². The number of hydrogen-bond acceptors (Lipinski definition) is 4. The molecular weight excluding hydrogens is 192 g/mol. The first kappa shape index (κ1) is 10.6. The number of aliphatic hydroxyl groups is 1. The lowest BCUT2D eigenvalue weighted by Crippen LogP contribution is -2.35. The van der Waals surface area contributed by atoms with E-state index in [2.05, 4.69) is 22.3 Å². The standard InChI is InChI=1S/C10H18N4O/c1-2-5-14-9(12-8-13-14)6-10(15)3-4-11-7-10/h8,11,15H,2-7H2,1H3. The fourth-order valence-corrected chi connectivity index (χ4v) is 2.00. The van der Waals surface area contributed by atoms with Gasteiger partial charge in [0.05, 0.1) is 5.60 Å². The first-order valence-electron chi connectivity index (χ1n) is 5.53. The first-order chi connectivity index (χ1) is 7.23. The van der Waals surface area contributed by atoms with Crippen LogP contribution in [0, 0.1) is 0 Å². The minimum absolute atomic E-state index is 0.597. The van der Waals surface area contributed by atoms with Gasteiger partial charge in [-0.15, -0.1) is 0 Å². The Bertz CT molecular complexity index is 317. The third-order valence-corrected chi connectivity index (χ3v) is 2.84. The maximum absolute atomic E-state index is 10.2. The summed E-state index contributed by atoms with van der Waals surface area (Å²) in [7, 11) is 0. The van der Waals surface area contributed by atoms with Crippen LogP contribution in [-0.2, 0) is 13.0 Å². The first-order valence-corrected chi connectivity index (χ1v) is 5.53. The number of hydrogen-bond donors (Lipinski definition) is 2. The second-order valence-electron chi connectivity index (χ2n) is 4.23. The van der Waals surface area contributed by atoms with Crippen LogP contribution in [0.3, 0.4) is 0 Å². The van der Waals surface area contributed by atoms with Crippen molar-refractivity contribution in [3.63, 3.8) is 0 Å². The van der Waals surface area contributed by atoms with Crippen molar-refractivity contribution in [3.8, 4) is 0 Å². The summed E-state index contributed by atoms with van der Waals surface area (Å²) in [5, 5.41) is 17.5. The highest BCUT2D eigenvalue weighted by Crippen LogP contribution is 2.19. The Morgan fingerprint density at radius 2 is 2.53 bits per heavy atom. The van der Waals surface area contributed by atoms with E-state index in [0.29, 0.717) is 13.0 Å². The van der Waals surface area contributed by atoms with Crippen molar-refractivity contribution < 1.29 is 5.11 Å². The number of β-amino-alcohol motifs (C(OH)–C–C–N with tert-alkyl or cyclic N) is 1. The van der Waals surface area contributed by atoms with Gasteiger partial charge in [0.25, 0.3) is 0 Å². The molecule has 0 saturated carbocycles. The van der Waals surface area contributed by atoms with E-state index in [9.17, 15) is 5.11 Å². The lowest BCUT2D eigenvalue weighted by molar-refractivity contribution is 0.0586. The summed E-state index contributed by atoms with van der Waals surface area (Å²) in [6, 6.07) is 0. The summed E-state index contributed by atoms with van der Waals surface area (Å²) in [5.74, 6) is 0.892. The van der Waals surface area contributed by atoms with Crippen molar-refractivity contribution in [2.24, 2.45) is 0 Å². The molecular formula is C10H18N4O. The van der Waals surface area contributed by atoms with Crippen LogP contribution in [0.4, 0.5) is 0 Å². The number of aromatic nitrogens is 3. The van der Waals surface area contributed by atoms with Crippen LogP contribution in [0.5, 0.6) is 0 Å². The Morgan fingerprint density at radius 1 is 1.67 bits per heavy atom. The predicted octanol–water partition coefficient (Wildman–Crippen LogP) is -0.0450. The van der Waals surface area contributed by atoms with Crippen LogP contribution in [0.25, 0.3) is 0 Å². The molecule has 1 aliphatic heterocycles. The Hall–Kier alpha value is -0.940. The largest absolute Gasteiger partial charge is 0.388 e. The average Bonchev–Trinajstić information content (AvgIpc) is 2.78. The molecule has 0 radical (unpaired) electrons. The molecule has 1 aliphatic rings. The van der Waals surface area contributed by atoms with E-state index in [4.69, 9.17) is 0 Å². The second-order valence-corrected chi connectivity index (χ2v) is 4.23. The number of nitrogens with zero attached hydrogens (tertiary/aromatic N) is 3. The highest BCUT2D eigenvalue weighted by molar-refractivity contribution is 4.98. The van der Waals surface area contributed by atoms with E-state index in [1.807, 2.05) is 4.68 Å². The number of aryl methyl sites for hydroxylation is 1. The molecule has 0 aromatic carbocycles. The van der Waals surface area contributed by atoms with Gasteiger partial charge in [0.2, 0.25) is 0 Å². The Balaban J connectivity index is 2.06. The van der Waals surface area contributed by atoms with E-state index in [0.717, 1.165) is 31.8 Å². The maximum Gasteiger partial charge on any atom is 0.138 e. The fraction of sp³-hybridized carbons (Fsp3) is 0.800. The topological polar surface area (TPSA) is 63.0 Å². The molecule has 15 heavy (non-hydrogen) atoms. The van der Waals surface area contributed by atoms with Crippen molar-refractivity contribution in [3.05, 3.63) is 12.2 Å². The van der Waals surface area contributed by atoms with Gasteiger partial charge in [0.15, 0.2) is 0 Å². The van der Waals surface area contributed by atoms with Crippen LogP contribution in [0.15, 0.2) is 6.33 Å². The van der Waals surface area contributed by atoms with Gasteiger partial charge in [-0.3, -0.25) is 4.68 Å². The van der Waals surface area contributed by atoms with E-state index >= 15 is 0 Å². The van der Waals surface area contributed by atoms with Crippen LogP contribution < -0.4 is 5.32 Å². The zero-order chi connectivity index (χ0) is 10.7. The average molecular weight is 210 g/mol. The molecule has 5 nitrogen and oxygen atoms in total. The molecule has 1 saturated heterocycles. The highest BCUT2D eigenvalue weighted by atomic mass is 16.3. The Kier molecular flexibility index (Phi) is 3.02. The summed E-state index contributed by atoms with van der Waals surface area (Å²) in [4.78, 5) is 4.21. The second kappa shape index (κ2) is 4.28. The van der Waals surface area contributed by atoms with E-state index < -0.39 is 5.60 Å². The van der Waals surface area contributed by atoms with Crippen molar-refractivity contribution in [2.45, 2.75) is 38.3 Å². The van der Waals surface area contributed by atoms with E-state index in [-0.39, 0.29) is 0 Å². The Morgan fingerprint density at radius 3 is 3.20 bits per heavy atom. The van der Waals surface area contributed by atoms with Crippen molar-refractivity contribution in [1.29, 1.82) is 0 Å². The zero-order valence-corrected chi connectivity index (χ0v) is 9.11. The summed E-state index contributed by atoms with van der Waals surface area (Å²) in [5.41, 5.74) is -0.626. The van der Waals surface area contributed by atoms with Gasteiger partial charge in [-0.1, -0.05) is 6.92 Å². The fourth-order valence-electron chi connectivity index (χ4n) is 2.00. The molecule has 0 spiro atoms. The normalized spacial score (nSPS) is 26.0. The summed E-state index contributed by atoms with van der Waals surface area (Å²) < 4.78 is 1.89. The lowest BCUT2D eigenvalue weighted by atomic mass is 9.98. The summed E-state index contributed by atoms with van der Waals surface area (Å²) in [6.07, 6.45) is 4.00. The lowest BCUT2D eigenvalue weighted by Gasteiger charge is -2.20. The highest BCUT2D eigenvalue weighted by Gasteiger charge is 2.32. The molecule has 2 heterocycles. The van der Waals surface area contributed by atoms with Crippen LogP contribution in [0.1, 0.15) is 25.6 Å². The van der Waals surface area contributed by atoms with Crippen LogP contribution in [0.2, 0.25) is 0 Å². The molecule has 0 amide bonds. The molecule has 1 aromatic rings. The third-order valence-electron chi connectivity index (χ3n) is 2.84. The molecule has 5 heteroatoms. The quantitative estimate of drug-likeness (QED) is 0.731. The minimum Gasteiger partial charge on any atom is -0.388 e. The monoisotopic (exact) mass is 210 g/mol. The van der Waals surface area contributed by atoms with Gasteiger partial charge < -0.3 is 10.4 Å². The van der Waals surface area contributed by atoms with E-state index in [1.54, 1.807) is 6.33 Å². The molecule has 1 atom stereocenters. The molecule has 1 aromatic heterocycles. The SMILES string of the molecule is CCCn1ncnc1CC1(O)CCNC1.